The van der Waals surface area contributed by atoms with Crippen molar-refractivity contribution in [3.05, 3.63) is 35.5 Å². The molecule has 3 nitrogen and oxygen atoms in total. The first-order valence-corrected chi connectivity index (χ1v) is 4.90. The maximum Gasteiger partial charge on any atom is 0.132 e. The average Bonchev–Trinajstić information content (AvgIpc) is 2.59. The van der Waals surface area contributed by atoms with E-state index in [2.05, 4.69) is 4.98 Å². The molecule has 4 N–H and O–H groups in total. The first-order valence-electron chi connectivity index (χ1n) is 4.90. The van der Waals surface area contributed by atoms with Crippen LogP contribution in [0.25, 0.3) is 17.0 Å². The van der Waals surface area contributed by atoms with E-state index in [9.17, 15) is 5.11 Å². The molecule has 0 aliphatic carbocycles. The lowest BCUT2D eigenvalue weighted by atomic mass is 10.1. The van der Waals surface area contributed by atoms with E-state index in [1.54, 1.807) is 0 Å². The molecule has 1 aromatic heterocycles. The number of hydrogen-bond acceptors (Lipinski definition) is 2. The number of rotatable bonds is 2. The molecule has 0 radical (unpaired) electrons. The number of fused-ring (bicyclic) bond motifs is 1. The summed E-state index contributed by atoms with van der Waals surface area (Å²) in [5.74, 6) is 0.307. The molecule has 78 valence electrons. The molecular weight excluding hydrogens is 188 g/mol. The zero-order valence-corrected chi connectivity index (χ0v) is 8.62. The molecule has 0 aliphatic rings. The fourth-order valence-electron chi connectivity index (χ4n) is 1.67. The lowest BCUT2D eigenvalue weighted by Gasteiger charge is -2.00. The van der Waals surface area contributed by atoms with Crippen molar-refractivity contribution in [3.63, 3.8) is 0 Å². The normalized spacial score (nSPS) is 11.6. The Morgan fingerprint density at radius 3 is 3.00 bits per heavy atom. The summed E-state index contributed by atoms with van der Waals surface area (Å²) >= 11 is 0. The standard InChI is InChI=1S/C12H14N2O/c1-8-7-10-11(14-8)5-4-9(12(10)15)3-2-6-13/h2-5,7,14-15H,6,13H2,1H3/b3-2+. The molecule has 0 aliphatic heterocycles. The van der Waals surface area contributed by atoms with Gasteiger partial charge in [-0.3, -0.25) is 0 Å². The Bertz CT molecular complexity index is 512. The summed E-state index contributed by atoms with van der Waals surface area (Å²) in [4.78, 5) is 3.17. The van der Waals surface area contributed by atoms with Crippen LogP contribution in [0, 0.1) is 6.92 Å². The fraction of sp³-hybridized carbons (Fsp3) is 0.167. The maximum atomic E-state index is 9.98. The SMILES string of the molecule is Cc1cc2c(O)c(/C=C/CN)ccc2[nH]1. The molecule has 1 heterocycles. The van der Waals surface area contributed by atoms with Gasteiger partial charge in [0.05, 0.1) is 0 Å². The fourth-order valence-corrected chi connectivity index (χ4v) is 1.67. The zero-order chi connectivity index (χ0) is 10.8. The van der Waals surface area contributed by atoms with E-state index >= 15 is 0 Å². The van der Waals surface area contributed by atoms with Gasteiger partial charge in [-0.1, -0.05) is 12.2 Å². The van der Waals surface area contributed by atoms with Crippen molar-refractivity contribution in [1.82, 2.24) is 4.98 Å². The summed E-state index contributed by atoms with van der Waals surface area (Å²) in [5.41, 5.74) is 8.16. The quantitative estimate of drug-likeness (QED) is 0.698. The van der Waals surface area contributed by atoms with Gasteiger partial charge < -0.3 is 15.8 Å². The third-order valence-corrected chi connectivity index (χ3v) is 2.37. The van der Waals surface area contributed by atoms with Crippen LogP contribution in [0.4, 0.5) is 0 Å². The van der Waals surface area contributed by atoms with Crippen molar-refractivity contribution in [2.24, 2.45) is 5.73 Å². The highest BCUT2D eigenvalue weighted by molar-refractivity contribution is 5.90. The molecule has 0 bridgehead atoms. The molecule has 0 amide bonds. The van der Waals surface area contributed by atoms with E-state index in [0.29, 0.717) is 12.3 Å². The number of aromatic nitrogens is 1. The lowest BCUT2D eigenvalue weighted by molar-refractivity contribution is 0.480. The van der Waals surface area contributed by atoms with Crippen LogP contribution in [0.3, 0.4) is 0 Å². The van der Waals surface area contributed by atoms with Crippen molar-refractivity contribution < 1.29 is 5.11 Å². The van der Waals surface area contributed by atoms with Gasteiger partial charge in [-0.15, -0.1) is 0 Å². The number of hydrogen-bond donors (Lipinski definition) is 3. The third-order valence-electron chi connectivity index (χ3n) is 2.37. The van der Waals surface area contributed by atoms with Gasteiger partial charge in [0, 0.05) is 28.7 Å². The minimum Gasteiger partial charge on any atom is -0.507 e. The number of aromatic amines is 1. The number of benzene rings is 1. The van der Waals surface area contributed by atoms with Crippen LogP contribution in [-0.4, -0.2) is 16.6 Å². The summed E-state index contributed by atoms with van der Waals surface area (Å²) in [6.07, 6.45) is 3.65. The van der Waals surface area contributed by atoms with Crippen LogP contribution in [0.2, 0.25) is 0 Å². The summed E-state index contributed by atoms with van der Waals surface area (Å²) in [7, 11) is 0. The monoisotopic (exact) mass is 202 g/mol. The van der Waals surface area contributed by atoms with Crippen LogP contribution in [0.5, 0.6) is 5.75 Å². The summed E-state index contributed by atoms with van der Waals surface area (Å²) < 4.78 is 0. The Kier molecular flexibility index (Phi) is 2.47. The zero-order valence-electron chi connectivity index (χ0n) is 8.62. The molecule has 15 heavy (non-hydrogen) atoms. The minimum atomic E-state index is 0.307. The highest BCUT2D eigenvalue weighted by Crippen LogP contribution is 2.29. The topological polar surface area (TPSA) is 62.0 Å². The second kappa shape index (κ2) is 3.79. The summed E-state index contributed by atoms with van der Waals surface area (Å²) in [6, 6.07) is 5.77. The van der Waals surface area contributed by atoms with Crippen LogP contribution in [0.1, 0.15) is 11.3 Å². The van der Waals surface area contributed by atoms with Gasteiger partial charge in [0.1, 0.15) is 5.75 Å². The second-order valence-corrected chi connectivity index (χ2v) is 3.56. The number of aryl methyl sites for hydroxylation is 1. The van der Waals surface area contributed by atoms with Crippen LogP contribution >= 0.6 is 0 Å². The van der Waals surface area contributed by atoms with Gasteiger partial charge in [-0.2, -0.15) is 0 Å². The van der Waals surface area contributed by atoms with Crippen molar-refractivity contribution in [2.45, 2.75) is 6.92 Å². The lowest BCUT2D eigenvalue weighted by Crippen LogP contribution is -1.91. The number of aromatic hydroxyl groups is 1. The number of nitrogens with one attached hydrogen (secondary N) is 1. The number of H-pyrrole nitrogens is 1. The second-order valence-electron chi connectivity index (χ2n) is 3.56. The summed E-state index contributed by atoms with van der Waals surface area (Å²) in [5, 5.41) is 10.8. The van der Waals surface area contributed by atoms with E-state index < -0.39 is 0 Å². The average molecular weight is 202 g/mol. The predicted octanol–water partition coefficient (Wildman–Crippen LogP) is 2.15. The van der Waals surface area contributed by atoms with Crippen molar-refractivity contribution in [2.75, 3.05) is 6.54 Å². The molecule has 3 heteroatoms. The predicted molar refractivity (Wildman–Crippen MR) is 62.8 cm³/mol. The third kappa shape index (κ3) is 1.74. The van der Waals surface area contributed by atoms with E-state index in [1.807, 2.05) is 37.3 Å². The van der Waals surface area contributed by atoms with Crippen molar-refractivity contribution >= 4 is 17.0 Å². The molecule has 0 unspecified atom stereocenters. The van der Waals surface area contributed by atoms with Gasteiger partial charge in [-0.05, 0) is 25.1 Å². The van der Waals surface area contributed by atoms with Gasteiger partial charge in [0.15, 0.2) is 0 Å². The highest BCUT2D eigenvalue weighted by Gasteiger charge is 2.05. The Morgan fingerprint density at radius 2 is 2.27 bits per heavy atom. The van der Waals surface area contributed by atoms with Gasteiger partial charge in [-0.25, -0.2) is 0 Å². The van der Waals surface area contributed by atoms with Crippen LogP contribution in [-0.2, 0) is 0 Å². The summed E-state index contributed by atoms with van der Waals surface area (Å²) in [6.45, 7) is 2.44. The van der Waals surface area contributed by atoms with E-state index in [4.69, 9.17) is 5.73 Å². The number of phenolic OH excluding ortho intramolecular Hbond substituents is 1. The van der Waals surface area contributed by atoms with Crippen molar-refractivity contribution in [3.8, 4) is 5.75 Å². The van der Waals surface area contributed by atoms with E-state index in [1.165, 1.54) is 0 Å². The first kappa shape index (κ1) is 9.80. The molecule has 0 atom stereocenters. The Balaban J connectivity index is 2.59. The van der Waals surface area contributed by atoms with Crippen molar-refractivity contribution in [1.29, 1.82) is 0 Å². The van der Waals surface area contributed by atoms with Gasteiger partial charge in [0.2, 0.25) is 0 Å². The Labute approximate surface area is 88.2 Å². The molecule has 2 aromatic rings. The van der Waals surface area contributed by atoms with Gasteiger partial charge >= 0.3 is 0 Å². The van der Waals surface area contributed by atoms with Crippen LogP contribution in [0.15, 0.2) is 24.3 Å². The smallest absolute Gasteiger partial charge is 0.132 e. The first-order chi connectivity index (χ1) is 7.22. The van der Waals surface area contributed by atoms with E-state index in [-0.39, 0.29) is 0 Å². The minimum absolute atomic E-state index is 0.307. The van der Waals surface area contributed by atoms with Crippen LogP contribution < -0.4 is 5.73 Å². The largest absolute Gasteiger partial charge is 0.507 e. The molecule has 0 saturated carbocycles. The Hall–Kier alpha value is -1.74. The Morgan fingerprint density at radius 1 is 1.47 bits per heavy atom. The maximum absolute atomic E-state index is 9.98. The molecular formula is C12H14N2O. The molecule has 1 aromatic carbocycles. The number of phenols is 1. The molecule has 0 fully saturated rings. The molecule has 0 saturated heterocycles. The molecule has 2 rings (SSSR count). The van der Waals surface area contributed by atoms with Gasteiger partial charge in [0.25, 0.3) is 0 Å². The molecule has 0 spiro atoms. The highest BCUT2D eigenvalue weighted by atomic mass is 16.3. The van der Waals surface area contributed by atoms with E-state index in [0.717, 1.165) is 22.2 Å². The number of nitrogens with two attached hydrogens (primary N) is 1.